The van der Waals surface area contributed by atoms with Gasteiger partial charge in [-0.2, -0.15) is 0 Å². The third-order valence-electron chi connectivity index (χ3n) is 3.97. The number of nitrogens with one attached hydrogen (secondary N) is 1. The van der Waals surface area contributed by atoms with Gasteiger partial charge in [-0.1, -0.05) is 24.3 Å². The lowest BCUT2D eigenvalue weighted by Crippen LogP contribution is -2.17. The third kappa shape index (κ3) is 3.92. The predicted octanol–water partition coefficient (Wildman–Crippen LogP) is 2.81. The minimum atomic E-state index is -0.536. The average molecular weight is 362 g/mol. The molecule has 2 aromatic carbocycles. The van der Waals surface area contributed by atoms with E-state index in [0.29, 0.717) is 34.0 Å². The molecule has 0 aliphatic carbocycles. The molecule has 0 aliphatic rings. The largest absolute Gasteiger partial charge is 0.495 e. The number of hydrogen-bond donors (Lipinski definition) is 2. The van der Waals surface area contributed by atoms with Crippen molar-refractivity contribution < 1.29 is 14.3 Å². The van der Waals surface area contributed by atoms with Gasteiger partial charge in [0.15, 0.2) is 0 Å². The summed E-state index contributed by atoms with van der Waals surface area (Å²) in [6.45, 7) is 1.70. The predicted molar refractivity (Wildman–Crippen MR) is 102 cm³/mol. The summed E-state index contributed by atoms with van der Waals surface area (Å²) in [5.74, 6) is -0.398. The molecule has 27 heavy (non-hydrogen) atoms. The van der Waals surface area contributed by atoms with Gasteiger partial charge in [-0.15, -0.1) is 0 Å². The van der Waals surface area contributed by atoms with Gasteiger partial charge in [-0.25, -0.2) is 4.98 Å². The standard InChI is InChI=1S/C20H18N4O3/c1-12-18(20(26)24-15-8-3-4-9-17(15)27-2)23-16(11-22-12)13-6-5-7-14(10-13)19(21)25/h3-11H,1-2H3,(H2,21,25)(H,24,26). The van der Waals surface area contributed by atoms with Gasteiger partial charge in [-0.05, 0) is 31.2 Å². The fourth-order valence-electron chi connectivity index (χ4n) is 2.56. The molecule has 7 nitrogen and oxygen atoms in total. The highest BCUT2D eigenvalue weighted by Gasteiger charge is 2.16. The van der Waals surface area contributed by atoms with Crippen LogP contribution >= 0.6 is 0 Å². The molecule has 0 bridgehead atoms. The summed E-state index contributed by atoms with van der Waals surface area (Å²) in [7, 11) is 1.53. The van der Waals surface area contributed by atoms with Gasteiger partial charge in [0.1, 0.15) is 11.4 Å². The Hall–Kier alpha value is -3.74. The number of aryl methyl sites for hydroxylation is 1. The van der Waals surface area contributed by atoms with Gasteiger partial charge in [0.2, 0.25) is 5.91 Å². The van der Waals surface area contributed by atoms with Crippen LogP contribution in [0.3, 0.4) is 0 Å². The normalized spacial score (nSPS) is 10.3. The Balaban J connectivity index is 1.95. The zero-order chi connectivity index (χ0) is 19.4. The molecule has 0 aliphatic heterocycles. The summed E-state index contributed by atoms with van der Waals surface area (Å²) in [6.07, 6.45) is 1.55. The maximum absolute atomic E-state index is 12.7. The number of para-hydroxylation sites is 2. The highest BCUT2D eigenvalue weighted by atomic mass is 16.5. The number of primary amides is 1. The Morgan fingerprint density at radius 3 is 2.63 bits per heavy atom. The summed E-state index contributed by atoms with van der Waals surface area (Å²) in [5, 5.41) is 2.79. The van der Waals surface area contributed by atoms with Crippen molar-refractivity contribution in [1.29, 1.82) is 0 Å². The maximum atomic E-state index is 12.7. The number of ether oxygens (including phenoxy) is 1. The van der Waals surface area contributed by atoms with Crippen LogP contribution in [0, 0.1) is 6.92 Å². The van der Waals surface area contributed by atoms with Crippen LogP contribution < -0.4 is 15.8 Å². The molecule has 7 heteroatoms. The minimum absolute atomic E-state index is 0.183. The molecule has 1 aromatic heterocycles. The van der Waals surface area contributed by atoms with E-state index < -0.39 is 11.8 Å². The van der Waals surface area contributed by atoms with Crippen LogP contribution in [0.1, 0.15) is 26.5 Å². The number of carbonyl (C=O) groups excluding carboxylic acids is 2. The summed E-state index contributed by atoms with van der Waals surface area (Å²) >= 11 is 0. The number of nitrogens with zero attached hydrogens (tertiary/aromatic N) is 2. The van der Waals surface area contributed by atoms with E-state index in [-0.39, 0.29) is 5.69 Å². The Morgan fingerprint density at radius 1 is 1.11 bits per heavy atom. The van der Waals surface area contributed by atoms with Crippen molar-refractivity contribution in [1.82, 2.24) is 9.97 Å². The van der Waals surface area contributed by atoms with Gasteiger partial charge in [-0.3, -0.25) is 14.6 Å². The molecule has 0 saturated heterocycles. The number of benzene rings is 2. The fraction of sp³-hybridized carbons (Fsp3) is 0.100. The molecule has 0 saturated carbocycles. The van der Waals surface area contributed by atoms with E-state index in [0.717, 1.165) is 0 Å². The number of carbonyl (C=O) groups is 2. The lowest BCUT2D eigenvalue weighted by Gasteiger charge is -2.11. The Bertz CT molecular complexity index is 1020. The first-order chi connectivity index (χ1) is 13.0. The van der Waals surface area contributed by atoms with Gasteiger partial charge in [0.05, 0.1) is 30.4 Å². The molecule has 0 atom stereocenters. The van der Waals surface area contributed by atoms with E-state index in [2.05, 4.69) is 15.3 Å². The SMILES string of the molecule is COc1ccccc1NC(=O)c1nc(-c2cccc(C(N)=O)c2)cnc1C. The van der Waals surface area contributed by atoms with Crippen molar-refractivity contribution in [3.8, 4) is 17.0 Å². The van der Waals surface area contributed by atoms with E-state index in [1.165, 1.54) is 7.11 Å². The first-order valence-corrected chi connectivity index (χ1v) is 8.18. The van der Waals surface area contributed by atoms with Gasteiger partial charge >= 0.3 is 0 Å². The first-order valence-electron chi connectivity index (χ1n) is 8.18. The van der Waals surface area contributed by atoms with Gasteiger partial charge < -0.3 is 15.8 Å². The van der Waals surface area contributed by atoms with Crippen LogP contribution in [0.2, 0.25) is 0 Å². The van der Waals surface area contributed by atoms with E-state index in [4.69, 9.17) is 10.5 Å². The lowest BCUT2D eigenvalue weighted by molar-refractivity contribution is 0.0996. The summed E-state index contributed by atoms with van der Waals surface area (Å²) in [5.41, 5.74) is 7.99. The zero-order valence-electron chi connectivity index (χ0n) is 14.9. The van der Waals surface area contributed by atoms with Gasteiger partial charge in [0.25, 0.3) is 5.91 Å². The molecule has 136 valence electrons. The monoisotopic (exact) mass is 362 g/mol. The van der Waals surface area contributed by atoms with Crippen LogP contribution in [0.25, 0.3) is 11.3 Å². The van der Waals surface area contributed by atoms with Crippen molar-refractivity contribution in [2.45, 2.75) is 6.92 Å². The van der Waals surface area contributed by atoms with E-state index in [1.54, 1.807) is 55.6 Å². The zero-order valence-corrected chi connectivity index (χ0v) is 14.9. The van der Waals surface area contributed by atoms with Crippen molar-refractivity contribution in [3.05, 3.63) is 71.7 Å². The number of amides is 2. The summed E-state index contributed by atoms with van der Waals surface area (Å²) in [4.78, 5) is 32.8. The smallest absolute Gasteiger partial charge is 0.276 e. The average Bonchev–Trinajstić information content (AvgIpc) is 2.68. The minimum Gasteiger partial charge on any atom is -0.495 e. The molecule has 2 amide bonds. The number of aromatic nitrogens is 2. The number of anilines is 1. The molecule has 0 fully saturated rings. The number of hydrogen-bond acceptors (Lipinski definition) is 5. The van der Waals surface area contributed by atoms with Crippen molar-refractivity contribution in [2.24, 2.45) is 5.73 Å². The number of nitrogens with two attached hydrogens (primary N) is 1. The third-order valence-corrected chi connectivity index (χ3v) is 3.97. The van der Waals surface area contributed by atoms with Gasteiger partial charge in [0, 0.05) is 11.1 Å². The highest BCUT2D eigenvalue weighted by molar-refractivity contribution is 6.04. The van der Waals surface area contributed by atoms with E-state index >= 15 is 0 Å². The summed E-state index contributed by atoms with van der Waals surface area (Å²) < 4.78 is 5.25. The second-order valence-electron chi connectivity index (χ2n) is 5.79. The molecule has 0 unspecified atom stereocenters. The molecular formula is C20H18N4O3. The highest BCUT2D eigenvalue weighted by Crippen LogP contribution is 2.24. The van der Waals surface area contributed by atoms with Crippen LogP contribution in [0.4, 0.5) is 5.69 Å². The topological polar surface area (TPSA) is 107 Å². The van der Waals surface area contributed by atoms with Crippen LogP contribution in [-0.2, 0) is 0 Å². The number of rotatable bonds is 5. The van der Waals surface area contributed by atoms with Crippen LogP contribution in [0.15, 0.2) is 54.7 Å². The molecule has 3 aromatic rings. The van der Waals surface area contributed by atoms with Crippen molar-refractivity contribution in [2.75, 3.05) is 12.4 Å². The van der Waals surface area contributed by atoms with Crippen molar-refractivity contribution >= 4 is 17.5 Å². The van der Waals surface area contributed by atoms with E-state index in [9.17, 15) is 9.59 Å². The van der Waals surface area contributed by atoms with E-state index in [1.807, 2.05) is 6.07 Å². The molecule has 3 rings (SSSR count). The second-order valence-corrected chi connectivity index (χ2v) is 5.79. The maximum Gasteiger partial charge on any atom is 0.276 e. The molecule has 1 heterocycles. The lowest BCUT2D eigenvalue weighted by atomic mass is 10.1. The Labute approximate surface area is 156 Å². The first kappa shape index (κ1) is 18.1. The Kier molecular flexibility index (Phi) is 5.12. The quantitative estimate of drug-likeness (QED) is 0.726. The summed E-state index contributed by atoms with van der Waals surface area (Å²) in [6, 6.07) is 13.8. The van der Waals surface area contributed by atoms with Crippen LogP contribution in [0.5, 0.6) is 5.75 Å². The van der Waals surface area contributed by atoms with Crippen molar-refractivity contribution in [3.63, 3.8) is 0 Å². The second kappa shape index (κ2) is 7.65. The number of methoxy groups -OCH3 is 1. The molecule has 3 N–H and O–H groups in total. The molecule has 0 spiro atoms. The van der Waals surface area contributed by atoms with Crippen LogP contribution in [-0.4, -0.2) is 28.9 Å². The Morgan fingerprint density at radius 2 is 1.89 bits per heavy atom. The fourth-order valence-corrected chi connectivity index (χ4v) is 2.56. The molecule has 0 radical (unpaired) electrons. The molecular weight excluding hydrogens is 344 g/mol.